The van der Waals surface area contributed by atoms with Crippen molar-refractivity contribution in [1.29, 1.82) is 0 Å². The molecule has 0 aliphatic carbocycles. The van der Waals surface area contributed by atoms with Crippen LogP contribution in [0, 0.1) is 0 Å². The summed E-state index contributed by atoms with van der Waals surface area (Å²) in [7, 11) is 0. The van der Waals surface area contributed by atoms with Gasteiger partial charge in [0, 0.05) is 24.0 Å². The molecular formula is C18H22N2O3S. The molecule has 0 atom stereocenters. The molecule has 2 aromatic rings. The minimum absolute atomic E-state index is 0.203. The summed E-state index contributed by atoms with van der Waals surface area (Å²) in [5.74, 6) is -1.22. The Morgan fingerprint density at radius 3 is 2.67 bits per heavy atom. The van der Waals surface area contributed by atoms with Gasteiger partial charge in [0.25, 0.3) is 0 Å². The van der Waals surface area contributed by atoms with Crippen molar-refractivity contribution in [3.8, 4) is 0 Å². The molecule has 1 aromatic heterocycles. The molecule has 24 heavy (non-hydrogen) atoms. The van der Waals surface area contributed by atoms with Crippen molar-refractivity contribution in [2.24, 2.45) is 0 Å². The number of carbonyl (C=O) groups excluding carboxylic acids is 1. The fourth-order valence-corrected chi connectivity index (χ4v) is 3.21. The summed E-state index contributed by atoms with van der Waals surface area (Å²) < 4.78 is 0. The molecule has 5 nitrogen and oxygen atoms in total. The van der Waals surface area contributed by atoms with Gasteiger partial charge in [-0.1, -0.05) is 19.4 Å². The van der Waals surface area contributed by atoms with E-state index in [-0.39, 0.29) is 11.5 Å². The van der Waals surface area contributed by atoms with Crippen molar-refractivity contribution < 1.29 is 14.7 Å². The van der Waals surface area contributed by atoms with E-state index in [2.05, 4.69) is 23.2 Å². The number of carboxylic acids is 1. The summed E-state index contributed by atoms with van der Waals surface area (Å²) in [5.41, 5.74) is 1.38. The highest BCUT2D eigenvalue weighted by atomic mass is 32.1. The minimum atomic E-state index is -0.995. The van der Waals surface area contributed by atoms with E-state index in [9.17, 15) is 14.7 Å². The SMILES string of the molecule is CCCCN(Cc1cccs1)c1ccc(NC(C)=O)cc1C(=O)O. The Hall–Kier alpha value is -2.34. The third kappa shape index (κ3) is 4.83. The number of aromatic carboxylic acids is 1. The zero-order chi connectivity index (χ0) is 17.5. The zero-order valence-electron chi connectivity index (χ0n) is 13.9. The highest BCUT2D eigenvalue weighted by Gasteiger charge is 2.17. The molecule has 0 saturated heterocycles. The Labute approximate surface area is 145 Å². The highest BCUT2D eigenvalue weighted by Crippen LogP contribution is 2.27. The van der Waals surface area contributed by atoms with Crippen LogP contribution in [0.2, 0.25) is 0 Å². The third-order valence-electron chi connectivity index (χ3n) is 3.60. The van der Waals surface area contributed by atoms with Crippen molar-refractivity contribution in [2.75, 3.05) is 16.8 Å². The molecule has 0 bridgehead atoms. The number of unbranched alkanes of at least 4 members (excludes halogenated alkanes) is 1. The van der Waals surface area contributed by atoms with Crippen LogP contribution >= 0.6 is 11.3 Å². The average molecular weight is 346 g/mol. The van der Waals surface area contributed by atoms with E-state index in [1.807, 2.05) is 11.4 Å². The van der Waals surface area contributed by atoms with Gasteiger partial charge >= 0.3 is 5.97 Å². The monoisotopic (exact) mass is 346 g/mol. The van der Waals surface area contributed by atoms with Crippen molar-refractivity contribution in [3.05, 3.63) is 46.2 Å². The van der Waals surface area contributed by atoms with Crippen LogP contribution in [-0.2, 0) is 11.3 Å². The molecule has 2 rings (SSSR count). The van der Waals surface area contributed by atoms with Crippen LogP contribution in [0.3, 0.4) is 0 Å². The third-order valence-corrected chi connectivity index (χ3v) is 4.46. The van der Waals surface area contributed by atoms with Gasteiger partial charge in [-0.15, -0.1) is 11.3 Å². The van der Waals surface area contributed by atoms with E-state index in [0.717, 1.165) is 19.4 Å². The fraction of sp³-hybridized carbons (Fsp3) is 0.333. The molecule has 128 valence electrons. The van der Waals surface area contributed by atoms with Crippen LogP contribution in [0.1, 0.15) is 41.9 Å². The molecule has 1 aromatic carbocycles. The largest absolute Gasteiger partial charge is 0.478 e. The smallest absolute Gasteiger partial charge is 0.337 e. The van der Waals surface area contributed by atoms with Crippen molar-refractivity contribution in [2.45, 2.75) is 33.2 Å². The van der Waals surface area contributed by atoms with Gasteiger partial charge in [0.05, 0.1) is 17.8 Å². The number of hydrogen-bond acceptors (Lipinski definition) is 4. The summed E-state index contributed by atoms with van der Waals surface area (Å²) in [6.07, 6.45) is 2.02. The number of hydrogen-bond donors (Lipinski definition) is 2. The molecule has 0 spiro atoms. The maximum Gasteiger partial charge on any atom is 0.337 e. The molecule has 0 radical (unpaired) electrons. The Bertz CT molecular complexity index is 698. The second kappa shape index (κ2) is 8.49. The predicted octanol–water partition coefficient (Wildman–Crippen LogP) is 4.21. The first-order chi connectivity index (χ1) is 11.5. The standard InChI is InChI=1S/C18H22N2O3S/c1-3-4-9-20(12-15-6-5-10-24-15)17-8-7-14(19-13(2)21)11-16(17)18(22)23/h5-8,10-11H,3-4,9,12H2,1-2H3,(H,19,21)(H,22,23). The number of rotatable bonds is 8. The quantitative estimate of drug-likeness (QED) is 0.751. The summed E-state index contributed by atoms with van der Waals surface area (Å²) in [5, 5.41) is 14.2. The summed E-state index contributed by atoms with van der Waals surface area (Å²) in [4.78, 5) is 26.2. The Morgan fingerprint density at radius 2 is 2.08 bits per heavy atom. The normalized spacial score (nSPS) is 10.4. The lowest BCUT2D eigenvalue weighted by Crippen LogP contribution is -2.25. The van der Waals surface area contributed by atoms with Crippen LogP contribution in [-0.4, -0.2) is 23.5 Å². The molecule has 6 heteroatoms. The van der Waals surface area contributed by atoms with Gasteiger partial charge in [0.1, 0.15) is 0 Å². The number of carboxylic acid groups (broad SMARTS) is 1. The van der Waals surface area contributed by atoms with Gasteiger partial charge in [0.2, 0.25) is 5.91 Å². The number of nitrogens with one attached hydrogen (secondary N) is 1. The average Bonchev–Trinajstić information content (AvgIpc) is 3.04. The summed E-state index contributed by atoms with van der Waals surface area (Å²) >= 11 is 1.66. The van der Waals surface area contributed by atoms with Crippen LogP contribution in [0.25, 0.3) is 0 Å². The Balaban J connectivity index is 2.35. The minimum Gasteiger partial charge on any atom is -0.478 e. The molecule has 0 aliphatic heterocycles. The maximum absolute atomic E-state index is 11.7. The maximum atomic E-state index is 11.7. The Kier molecular flexibility index (Phi) is 6.37. The van der Waals surface area contributed by atoms with Gasteiger partial charge in [0.15, 0.2) is 0 Å². The topological polar surface area (TPSA) is 69.6 Å². The number of carbonyl (C=O) groups is 2. The van der Waals surface area contributed by atoms with Gasteiger partial charge < -0.3 is 15.3 Å². The van der Waals surface area contributed by atoms with Crippen molar-refractivity contribution in [1.82, 2.24) is 0 Å². The van der Waals surface area contributed by atoms with E-state index >= 15 is 0 Å². The lowest BCUT2D eigenvalue weighted by molar-refractivity contribution is -0.114. The number of nitrogens with zero attached hydrogens (tertiary/aromatic N) is 1. The van der Waals surface area contributed by atoms with Crippen LogP contribution < -0.4 is 10.2 Å². The molecule has 1 amide bonds. The molecule has 0 saturated carbocycles. The van der Waals surface area contributed by atoms with Gasteiger partial charge in [-0.25, -0.2) is 4.79 Å². The Morgan fingerprint density at radius 1 is 1.29 bits per heavy atom. The molecule has 1 heterocycles. The first-order valence-corrected chi connectivity index (χ1v) is 8.81. The van der Waals surface area contributed by atoms with Gasteiger partial charge in [-0.2, -0.15) is 0 Å². The number of thiophene rings is 1. The van der Waals surface area contributed by atoms with E-state index < -0.39 is 5.97 Å². The van der Waals surface area contributed by atoms with Crippen LogP contribution in [0.15, 0.2) is 35.7 Å². The van der Waals surface area contributed by atoms with Crippen LogP contribution in [0.5, 0.6) is 0 Å². The first kappa shape index (κ1) is 18.0. The first-order valence-electron chi connectivity index (χ1n) is 7.93. The van der Waals surface area contributed by atoms with E-state index in [1.54, 1.807) is 23.5 Å². The molecule has 0 unspecified atom stereocenters. The zero-order valence-corrected chi connectivity index (χ0v) is 14.7. The van der Waals surface area contributed by atoms with E-state index in [1.165, 1.54) is 17.9 Å². The second-order valence-electron chi connectivity index (χ2n) is 5.57. The summed E-state index contributed by atoms with van der Waals surface area (Å²) in [6.45, 7) is 4.98. The molecule has 2 N–H and O–H groups in total. The van der Waals surface area contributed by atoms with E-state index in [4.69, 9.17) is 0 Å². The molecule has 0 aliphatic rings. The number of anilines is 2. The lowest BCUT2D eigenvalue weighted by atomic mass is 10.1. The molecule has 0 fully saturated rings. The number of benzene rings is 1. The fourth-order valence-electron chi connectivity index (χ4n) is 2.49. The summed E-state index contributed by atoms with van der Waals surface area (Å²) in [6, 6.07) is 9.09. The molecular weight excluding hydrogens is 324 g/mol. The van der Waals surface area contributed by atoms with Gasteiger partial charge in [-0.3, -0.25) is 4.79 Å². The van der Waals surface area contributed by atoms with Gasteiger partial charge in [-0.05, 0) is 36.1 Å². The number of amides is 1. The van der Waals surface area contributed by atoms with E-state index in [0.29, 0.717) is 17.9 Å². The van der Waals surface area contributed by atoms with Crippen molar-refractivity contribution >= 4 is 34.6 Å². The second-order valence-corrected chi connectivity index (χ2v) is 6.60. The predicted molar refractivity (Wildman–Crippen MR) is 98.0 cm³/mol. The van der Waals surface area contributed by atoms with Crippen LogP contribution in [0.4, 0.5) is 11.4 Å². The highest BCUT2D eigenvalue weighted by molar-refractivity contribution is 7.09. The van der Waals surface area contributed by atoms with Crippen molar-refractivity contribution in [3.63, 3.8) is 0 Å². The lowest BCUT2D eigenvalue weighted by Gasteiger charge is -2.26.